The van der Waals surface area contributed by atoms with Crippen molar-refractivity contribution in [2.75, 3.05) is 26.7 Å². The van der Waals surface area contributed by atoms with Crippen molar-refractivity contribution in [1.29, 1.82) is 0 Å². The van der Waals surface area contributed by atoms with Crippen LogP contribution in [0.3, 0.4) is 0 Å². The number of rotatable bonds is 6. The van der Waals surface area contributed by atoms with Crippen LogP contribution in [0.5, 0.6) is 0 Å². The molecule has 0 aliphatic carbocycles. The minimum atomic E-state index is -0.571. The number of aromatic nitrogens is 2. The summed E-state index contributed by atoms with van der Waals surface area (Å²) >= 11 is 0. The summed E-state index contributed by atoms with van der Waals surface area (Å²) in [6, 6.07) is 7.58. The fourth-order valence-electron chi connectivity index (χ4n) is 3.65. The summed E-state index contributed by atoms with van der Waals surface area (Å²) in [6.45, 7) is 4.52. The van der Waals surface area contributed by atoms with Gasteiger partial charge in [0.1, 0.15) is 0 Å². The molecule has 10 heteroatoms. The zero-order chi connectivity index (χ0) is 21.5. The van der Waals surface area contributed by atoms with Crippen LogP contribution in [-0.4, -0.2) is 58.9 Å². The molecule has 2 unspecified atom stereocenters. The predicted molar refractivity (Wildman–Crippen MR) is 130 cm³/mol. The molecule has 3 rings (SSSR count). The number of guanidine groups is 1. The van der Waals surface area contributed by atoms with E-state index >= 15 is 0 Å². The number of carbonyl (C=O) groups is 2. The molecule has 2 atom stereocenters. The smallest absolute Gasteiger partial charge is 0.251 e. The number of hydrogen-bond acceptors (Lipinski definition) is 4. The molecule has 2 amide bonds. The fraction of sp³-hybridized carbons (Fsp3) is 0.429. The zero-order valence-corrected chi connectivity index (χ0v) is 20.2. The second kappa shape index (κ2) is 11.7. The van der Waals surface area contributed by atoms with Crippen LogP contribution in [0.1, 0.15) is 35.3 Å². The number of likely N-dealkylation sites (tertiary alicyclic amines) is 1. The summed E-state index contributed by atoms with van der Waals surface area (Å²) in [5, 5.41) is 5.89. The molecule has 1 aromatic heterocycles. The minimum Gasteiger partial charge on any atom is -0.368 e. The number of nitrogens with one attached hydrogen (secondary N) is 2. The lowest BCUT2D eigenvalue weighted by Crippen LogP contribution is -2.48. The Bertz CT molecular complexity index is 884. The summed E-state index contributed by atoms with van der Waals surface area (Å²) < 4.78 is 2.17. The quantitative estimate of drug-likeness (QED) is 0.291. The van der Waals surface area contributed by atoms with Crippen LogP contribution in [0.4, 0.5) is 0 Å². The van der Waals surface area contributed by atoms with E-state index in [0.717, 1.165) is 31.0 Å². The van der Waals surface area contributed by atoms with Gasteiger partial charge < -0.3 is 25.8 Å². The largest absolute Gasteiger partial charge is 0.368 e. The Morgan fingerprint density at radius 2 is 2.00 bits per heavy atom. The molecule has 2 heterocycles. The third-order valence-electron chi connectivity index (χ3n) is 5.43. The first-order chi connectivity index (χ1) is 14.5. The van der Waals surface area contributed by atoms with Crippen molar-refractivity contribution in [3.8, 4) is 0 Å². The summed E-state index contributed by atoms with van der Waals surface area (Å²) in [5.74, 6) is 0.534. The van der Waals surface area contributed by atoms with E-state index in [1.54, 1.807) is 19.2 Å². The Balaban J connectivity index is 0.00000341. The number of carbonyl (C=O) groups excluding carboxylic acids is 2. The molecule has 2 aromatic rings. The molecule has 1 aliphatic heterocycles. The van der Waals surface area contributed by atoms with Gasteiger partial charge in [0.15, 0.2) is 5.96 Å². The SMILES string of the molecule is CN=C(NCc1ccc(C(=O)NCC(N)=O)cc1)N1CCC(C)C(n2ccnc2)C1.I. The van der Waals surface area contributed by atoms with E-state index in [-0.39, 0.29) is 36.4 Å². The second-order valence-electron chi connectivity index (χ2n) is 7.54. The van der Waals surface area contributed by atoms with E-state index in [2.05, 4.69) is 37.0 Å². The van der Waals surface area contributed by atoms with Gasteiger partial charge in [-0.3, -0.25) is 14.6 Å². The van der Waals surface area contributed by atoms with Crippen molar-refractivity contribution in [2.24, 2.45) is 16.6 Å². The molecule has 1 aliphatic rings. The molecule has 1 saturated heterocycles. The van der Waals surface area contributed by atoms with E-state index in [0.29, 0.717) is 24.1 Å². The standard InChI is InChI=1S/C21H29N7O2.HI/c1-15-7-9-27(13-18(15)28-10-8-24-14-28)21(23-2)26-11-16-3-5-17(6-4-16)20(30)25-12-19(22)29;/h3-6,8,10,14-15,18H,7,9,11-13H2,1-2H3,(H2,22,29)(H,23,26)(H,25,30);1H. The van der Waals surface area contributed by atoms with Crippen LogP contribution in [0.25, 0.3) is 0 Å². The van der Waals surface area contributed by atoms with Crippen molar-refractivity contribution in [1.82, 2.24) is 25.1 Å². The Kier molecular flexibility index (Phi) is 9.28. The molecular weight excluding hydrogens is 509 g/mol. The number of piperidine rings is 1. The summed E-state index contributed by atoms with van der Waals surface area (Å²) in [6.07, 6.45) is 6.79. The molecule has 1 aromatic carbocycles. The van der Waals surface area contributed by atoms with Gasteiger partial charge in [0, 0.05) is 44.6 Å². The first kappa shape index (κ1) is 24.6. The van der Waals surface area contributed by atoms with E-state index in [1.165, 1.54) is 0 Å². The van der Waals surface area contributed by atoms with Crippen molar-refractivity contribution < 1.29 is 9.59 Å². The lowest BCUT2D eigenvalue weighted by atomic mass is 9.93. The Morgan fingerprint density at radius 1 is 1.26 bits per heavy atom. The number of hydrogen-bond donors (Lipinski definition) is 3. The third kappa shape index (κ3) is 6.68. The van der Waals surface area contributed by atoms with E-state index in [9.17, 15) is 9.59 Å². The molecular formula is C21H30IN7O2. The van der Waals surface area contributed by atoms with Gasteiger partial charge in [-0.1, -0.05) is 19.1 Å². The van der Waals surface area contributed by atoms with Gasteiger partial charge in [0.2, 0.25) is 5.91 Å². The number of benzene rings is 1. The molecule has 0 saturated carbocycles. The van der Waals surface area contributed by atoms with Crippen molar-refractivity contribution in [2.45, 2.75) is 25.9 Å². The second-order valence-corrected chi connectivity index (χ2v) is 7.54. The molecule has 0 spiro atoms. The predicted octanol–water partition coefficient (Wildman–Crippen LogP) is 1.37. The number of primary amides is 1. The fourth-order valence-corrected chi connectivity index (χ4v) is 3.65. The molecule has 0 bridgehead atoms. The van der Waals surface area contributed by atoms with Gasteiger partial charge in [0.05, 0.1) is 18.9 Å². The minimum absolute atomic E-state index is 0. The first-order valence-electron chi connectivity index (χ1n) is 10.1. The Labute approximate surface area is 199 Å². The highest BCUT2D eigenvalue weighted by molar-refractivity contribution is 14.0. The summed E-state index contributed by atoms with van der Waals surface area (Å²) in [5.41, 5.74) is 6.56. The zero-order valence-electron chi connectivity index (χ0n) is 17.8. The van der Waals surface area contributed by atoms with Crippen molar-refractivity contribution in [3.63, 3.8) is 0 Å². The van der Waals surface area contributed by atoms with Gasteiger partial charge >= 0.3 is 0 Å². The summed E-state index contributed by atoms with van der Waals surface area (Å²) in [7, 11) is 1.79. The van der Waals surface area contributed by atoms with Crippen LogP contribution in [-0.2, 0) is 11.3 Å². The maximum Gasteiger partial charge on any atom is 0.251 e. The van der Waals surface area contributed by atoms with Gasteiger partial charge in [-0.15, -0.1) is 24.0 Å². The van der Waals surface area contributed by atoms with Crippen LogP contribution < -0.4 is 16.4 Å². The van der Waals surface area contributed by atoms with Crippen molar-refractivity contribution in [3.05, 3.63) is 54.1 Å². The number of amides is 2. The third-order valence-corrected chi connectivity index (χ3v) is 5.43. The highest BCUT2D eigenvalue weighted by Gasteiger charge is 2.28. The monoisotopic (exact) mass is 539 g/mol. The maximum atomic E-state index is 12.0. The summed E-state index contributed by atoms with van der Waals surface area (Å²) in [4.78, 5) is 33.7. The van der Waals surface area contributed by atoms with Gasteiger partial charge in [0.25, 0.3) is 5.91 Å². The number of aliphatic imine (C=N–C) groups is 1. The van der Waals surface area contributed by atoms with Crippen molar-refractivity contribution >= 4 is 41.8 Å². The highest BCUT2D eigenvalue weighted by atomic mass is 127. The average molecular weight is 539 g/mol. The molecule has 168 valence electrons. The first-order valence-corrected chi connectivity index (χ1v) is 10.1. The van der Waals surface area contributed by atoms with Crippen LogP contribution in [0, 0.1) is 5.92 Å². The Morgan fingerprint density at radius 3 is 2.61 bits per heavy atom. The maximum absolute atomic E-state index is 12.0. The number of nitrogens with two attached hydrogens (primary N) is 1. The lowest BCUT2D eigenvalue weighted by molar-refractivity contribution is -0.117. The van der Waals surface area contributed by atoms with Crippen LogP contribution in [0.2, 0.25) is 0 Å². The molecule has 1 fully saturated rings. The van der Waals surface area contributed by atoms with Crippen LogP contribution in [0.15, 0.2) is 48.0 Å². The van der Waals surface area contributed by atoms with E-state index in [4.69, 9.17) is 5.73 Å². The normalized spacial score (nSPS) is 18.8. The van der Waals surface area contributed by atoms with E-state index < -0.39 is 5.91 Å². The molecule has 4 N–H and O–H groups in total. The number of halogens is 1. The molecule has 0 radical (unpaired) electrons. The van der Waals surface area contributed by atoms with Gasteiger partial charge in [-0.2, -0.15) is 0 Å². The van der Waals surface area contributed by atoms with E-state index in [1.807, 2.05) is 30.9 Å². The molecule has 31 heavy (non-hydrogen) atoms. The lowest BCUT2D eigenvalue weighted by Gasteiger charge is -2.39. The topological polar surface area (TPSA) is 118 Å². The molecule has 9 nitrogen and oxygen atoms in total. The highest BCUT2D eigenvalue weighted by Crippen LogP contribution is 2.27. The van der Waals surface area contributed by atoms with Gasteiger partial charge in [-0.25, -0.2) is 4.98 Å². The van der Waals surface area contributed by atoms with Gasteiger partial charge in [-0.05, 0) is 30.0 Å². The average Bonchev–Trinajstić information content (AvgIpc) is 3.28. The number of imidazole rings is 1. The Hall–Kier alpha value is -2.63. The van der Waals surface area contributed by atoms with Crippen LogP contribution >= 0.6 is 24.0 Å². The number of nitrogens with zero attached hydrogens (tertiary/aromatic N) is 4.